The normalized spacial score (nSPS) is 16.9. The average Bonchev–Trinajstić information content (AvgIpc) is 3.07. The number of rotatable bonds is 6. The number of anilines is 1. The molecule has 168 valence electrons. The Bertz CT molecular complexity index is 1190. The van der Waals surface area contributed by atoms with Crippen molar-refractivity contribution in [2.24, 2.45) is 4.99 Å². The lowest BCUT2D eigenvalue weighted by molar-refractivity contribution is -0.128. The van der Waals surface area contributed by atoms with Crippen LogP contribution >= 0.6 is 11.8 Å². The predicted molar refractivity (Wildman–Crippen MR) is 134 cm³/mol. The molecule has 0 unspecified atom stereocenters. The highest BCUT2D eigenvalue weighted by Gasteiger charge is 2.39. The third-order valence-corrected chi connectivity index (χ3v) is 6.55. The zero-order valence-electron chi connectivity index (χ0n) is 18.9. The van der Waals surface area contributed by atoms with Gasteiger partial charge in [0.2, 0.25) is 11.8 Å². The number of aryl methyl sites for hydroxylation is 3. The van der Waals surface area contributed by atoms with Crippen LogP contribution in [0.15, 0.2) is 72.0 Å². The highest BCUT2D eigenvalue weighted by Crippen LogP contribution is 2.34. The Morgan fingerprint density at radius 2 is 1.85 bits per heavy atom. The van der Waals surface area contributed by atoms with E-state index in [0.717, 1.165) is 33.6 Å². The van der Waals surface area contributed by atoms with Crippen LogP contribution in [0.25, 0.3) is 0 Å². The van der Waals surface area contributed by atoms with Gasteiger partial charge in [0.05, 0.1) is 12.2 Å². The van der Waals surface area contributed by atoms with Crippen LogP contribution in [0.2, 0.25) is 0 Å². The third kappa shape index (κ3) is 5.68. The van der Waals surface area contributed by atoms with E-state index in [-0.39, 0.29) is 18.2 Å². The Morgan fingerprint density at radius 1 is 1.09 bits per heavy atom. The van der Waals surface area contributed by atoms with Gasteiger partial charge in [0.15, 0.2) is 5.17 Å². The Labute approximate surface area is 198 Å². The number of pyridine rings is 1. The first-order valence-electron chi connectivity index (χ1n) is 10.8. The molecule has 1 aliphatic rings. The maximum Gasteiger partial charge on any atom is 0.242 e. The highest BCUT2D eigenvalue weighted by molar-refractivity contribution is 8.15. The highest BCUT2D eigenvalue weighted by atomic mass is 32.2. The minimum Gasteiger partial charge on any atom is -0.326 e. The minimum atomic E-state index is -0.531. The molecule has 1 aliphatic heterocycles. The second-order valence-electron chi connectivity index (χ2n) is 8.19. The van der Waals surface area contributed by atoms with Gasteiger partial charge in [-0.25, -0.2) is 4.99 Å². The molecule has 1 N–H and O–H groups in total. The third-order valence-electron chi connectivity index (χ3n) is 5.37. The molecule has 7 heteroatoms. The molecule has 1 aromatic heterocycles. The average molecular weight is 459 g/mol. The largest absolute Gasteiger partial charge is 0.326 e. The van der Waals surface area contributed by atoms with Crippen LogP contribution in [0.5, 0.6) is 0 Å². The molecule has 2 amide bonds. The van der Waals surface area contributed by atoms with Crippen molar-refractivity contribution >= 4 is 40.1 Å². The van der Waals surface area contributed by atoms with Gasteiger partial charge in [-0.2, -0.15) is 0 Å². The molecule has 1 saturated heterocycles. The van der Waals surface area contributed by atoms with Crippen LogP contribution in [-0.4, -0.2) is 32.1 Å². The number of hydrogen-bond acceptors (Lipinski definition) is 5. The lowest BCUT2D eigenvalue weighted by Gasteiger charge is -2.17. The predicted octanol–water partition coefficient (Wildman–Crippen LogP) is 5.17. The minimum absolute atomic E-state index is 0.0761. The van der Waals surface area contributed by atoms with E-state index >= 15 is 0 Å². The Hall–Kier alpha value is -3.45. The van der Waals surface area contributed by atoms with Crippen LogP contribution in [-0.2, 0) is 16.1 Å². The van der Waals surface area contributed by atoms with Crippen LogP contribution < -0.4 is 5.32 Å². The number of carbonyl (C=O) groups excluding carboxylic acids is 2. The van der Waals surface area contributed by atoms with Gasteiger partial charge in [-0.3, -0.25) is 19.5 Å². The van der Waals surface area contributed by atoms with E-state index < -0.39 is 5.25 Å². The lowest BCUT2D eigenvalue weighted by Crippen LogP contribution is -2.33. The molecular weight excluding hydrogens is 432 g/mol. The van der Waals surface area contributed by atoms with Gasteiger partial charge in [-0.15, -0.1) is 0 Å². The van der Waals surface area contributed by atoms with E-state index in [4.69, 9.17) is 4.99 Å². The second-order valence-corrected chi connectivity index (χ2v) is 9.36. The van der Waals surface area contributed by atoms with Crippen molar-refractivity contribution in [3.63, 3.8) is 0 Å². The van der Waals surface area contributed by atoms with Gasteiger partial charge in [0.25, 0.3) is 0 Å². The summed E-state index contributed by atoms with van der Waals surface area (Å²) in [6.45, 7) is 6.37. The molecule has 4 rings (SSSR count). The number of benzene rings is 2. The number of carbonyl (C=O) groups is 2. The Morgan fingerprint density at radius 3 is 2.58 bits per heavy atom. The van der Waals surface area contributed by atoms with Crippen molar-refractivity contribution in [3.05, 3.63) is 89.2 Å². The zero-order valence-corrected chi connectivity index (χ0v) is 19.7. The van der Waals surface area contributed by atoms with E-state index in [1.807, 2.05) is 75.4 Å². The number of hydrogen-bond donors (Lipinski definition) is 1. The van der Waals surface area contributed by atoms with E-state index in [2.05, 4.69) is 10.3 Å². The summed E-state index contributed by atoms with van der Waals surface area (Å²) in [5.74, 6) is -0.314. The number of amidine groups is 1. The first-order chi connectivity index (χ1) is 15.9. The number of nitrogens with zero attached hydrogens (tertiary/aromatic N) is 3. The number of thioether (sulfide) groups is 1. The molecule has 0 spiro atoms. The topological polar surface area (TPSA) is 74.7 Å². The molecule has 0 saturated carbocycles. The maximum atomic E-state index is 13.3. The number of nitrogens with one attached hydrogen (secondary N) is 1. The maximum absolute atomic E-state index is 13.3. The lowest BCUT2D eigenvalue weighted by atomic mass is 10.1. The van der Waals surface area contributed by atoms with E-state index in [0.29, 0.717) is 11.7 Å². The molecule has 0 radical (unpaired) electrons. The molecule has 0 aliphatic carbocycles. The fourth-order valence-corrected chi connectivity index (χ4v) is 4.66. The first kappa shape index (κ1) is 22.7. The van der Waals surface area contributed by atoms with Crippen molar-refractivity contribution in [1.29, 1.82) is 0 Å². The van der Waals surface area contributed by atoms with Crippen LogP contribution in [0.1, 0.15) is 28.7 Å². The first-order valence-corrected chi connectivity index (χ1v) is 11.7. The number of aliphatic imine (C=N–C) groups is 1. The van der Waals surface area contributed by atoms with Gasteiger partial charge in [-0.1, -0.05) is 47.7 Å². The van der Waals surface area contributed by atoms with E-state index in [1.165, 1.54) is 11.8 Å². The Balaban J connectivity index is 1.57. The zero-order chi connectivity index (χ0) is 23.4. The van der Waals surface area contributed by atoms with Crippen molar-refractivity contribution in [1.82, 2.24) is 9.88 Å². The summed E-state index contributed by atoms with van der Waals surface area (Å²) >= 11 is 1.34. The summed E-state index contributed by atoms with van der Waals surface area (Å²) in [6, 6.07) is 17.4. The van der Waals surface area contributed by atoms with Crippen LogP contribution in [0.4, 0.5) is 11.4 Å². The summed E-state index contributed by atoms with van der Waals surface area (Å²) in [7, 11) is 0. The molecule has 2 aromatic carbocycles. The molecule has 3 aromatic rings. The van der Waals surface area contributed by atoms with Gasteiger partial charge in [0, 0.05) is 24.5 Å². The fourth-order valence-electron chi connectivity index (χ4n) is 3.51. The van der Waals surface area contributed by atoms with Crippen molar-refractivity contribution in [3.8, 4) is 0 Å². The van der Waals surface area contributed by atoms with Crippen LogP contribution in [0, 0.1) is 20.8 Å². The smallest absolute Gasteiger partial charge is 0.242 e. The van der Waals surface area contributed by atoms with Gasteiger partial charge < -0.3 is 5.32 Å². The second kappa shape index (κ2) is 10.0. The van der Waals surface area contributed by atoms with Gasteiger partial charge in [-0.05, 0) is 61.7 Å². The van der Waals surface area contributed by atoms with E-state index in [1.54, 1.807) is 17.3 Å². The summed E-state index contributed by atoms with van der Waals surface area (Å²) in [4.78, 5) is 36.6. The Kier molecular flexibility index (Phi) is 6.89. The molecule has 6 nitrogen and oxygen atoms in total. The molecular formula is C26H26N4O2S. The SMILES string of the molecule is Cc1ccc(NC(=O)C[C@H]2SC(=Nc3cc(C)ccc3C)N(Cc3cccnc3)C2=O)cc1. The summed E-state index contributed by atoms with van der Waals surface area (Å²) in [6.07, 6.45) is 3.52. The molecule has 0 bridgehead atoms. The van der Waals surface area contributed by atoms with E-state index in [9.17, 15) is 9.59 Å². The van der Waals surface area contributed by atoms with Gasteiger partial charge in [0.1, 0.15) is 5.25 Å². The fraction of sp³-hybridized carbons (Fsp3) is 0.231. The van der Waals surface area contributed by atoms with Crippen LogP contribution in [0.3, 0.4) is 0 Å². The van der Waals surface area contributed by atoms with Crippen molar-refractivity contribution in [2.75, 3.05) is 5.32 Å². The molecule has 1 atom stereocenters. The molecule has 1 fully saturated rings. The van der Waals surface area contributed by atoms with Crippen molar-refractivity contribution < 1.29 is 9.59 Å². The monoisotopic (exact) mass is 458 g/mol. The summed E-state index contributed by atoms with van der Waals surface area (Å²) < 4.78 is 0. The standard InChI is InChI=1S/C26H26N4O2S/c1-17-7-10-21(11-8-17)28-24(31)14-23-25(32)30(16-20-5-4-12-27-15-20)26(33-23)29-22-13-18(2)6-9-19(22)3/h4-13,15,23H,14,16H2,1-3H3,(H,28,31)/t23-/m1/s1. The summed E-state index contributed by atoms with van der Waals surface area (Å²) in [5, 5.41) is 2.96. The molecule has 33 heavy (non-hydrogen) atoms. The quantitative estimate of drug-likeness (QED) is 0.553. The summed E-state index contributed by atoms with van der Waals surface area (Å²) in [5.41, 5.74) is 5.70. The van der Waals surface area contributed by atoms with Crippen molar-refractivity contribution in [2.45, 2.75) is 39.0 Å². The van der Waals surface area contributed by atoms with Gasteiger partial charge >= 0.3 is 0 Å². The number of aromatic nitrogens is 1. The number of amides is 2. The molecule has 2 heterocycles.